The molecule has 0 radical (unpaired) electrons. The molecule has 2 aromatic rings. The smallest absolute Gasteiger partial charge is 0.243 e. The lowest BCUT2D eigenvalue weighted by Gasteiger charge is -2.29. The highest BCUT2D eigenvalue weighted by atomic mass is 32.2. The summed E-state index contributed by atoms with van der Waals surface area (Å²) < 4.78 is 38.2. The van der Waals surface area contributed by atoms with E-state index in [1.54, 1.807) is 25.3 Å². The number of carbonyl (C=O) groups is 1. The number of ether oxygens (including phenoxy) is 2. The predicted octanol–water partition coefficient (Wildman–Crippen LogP) is 3.52. The molecule has 0 unspecified atom stereocenters. The van der Waals surface area contributed by atoms with Gasteiger partial charge in [-0.25, -0.2) is 8.42 Å². The predicted molar refractivity (Wildman–Crippen MR) is 133 cm³/mol. The third-order valence-electron chi connectivity index (χ3n) is 6.26. The van der Waals surface area contributed by atoms with Crippen molar-refractivity contribution in [2.75, 3.05) is 33.4 Å². The molecule has 0 spiro atoms. The van der Waals surface area contributed by atoms with Crippen molar-refractivity contribution in [2.45, 2.75) is 56.4 Å². The van der Waals surface area contributed by atoms with Crippen LogP contribution >= 0.6 is 0 Å². The van der Waals surface area contributed by atoms with Gasteiger partial charge in [0, 0.05) is 25.6 Å². The van der Waals surface area contributed by atoms with E-state index in [1.807, 2.05) is 25.1 Å². The van der Waals surface area contributed by atoms with Crippen molar-refractivity contribution in [3.05, 3.63) is 59.7 Å². The second kappa shape index (κ2) is 11.3. The van der Waals surface area contributed by atoms with Gasteiger partial charge in [0.15, 0.2) is 0 Å². The van der Waals surface area contributed by atoms with Crippen molar-refractivity contribution in [3.8, 4) is 5.75 Å². The van der Waals surface area contributed by atoms with Gasteiger partial charge in [-0.2, -0.15) is 4.31 Å². The summed E-state index contributed by atoms with van der Waals surface area (Å²) in [6.07, 6.45) is 1.43. The lowest BCUT2D eigenvalue weighted by molar-refractivity contribution is -0.121. The van der Waals surface area contributed by atoms with Gasteiger partial charge in [-0.15, -0.1) is 0 Å². The third kappa shape index (κ3) is 6.58. The number of sulfonamides is 1. The number of nitrogens with zero attached hydrogens (tertiary/aromatic N) is 1. The first kappa shape index (κ1) is 26.2. The van der Waals surface area contributed by atoms with Crippen LogP contribution in [0.1, 0.15) is 44.7 Å². The Morgan fingerprint density at radius 2 is 1.82 bits per heavy atom. The van der Waals surface area contributed by atoms with Crippen LogP contribution in [0.25, 0.3) is 0 Å². The number of amides is 1. The van der Waals surface area contributed by atoms with Crippen LogP contribution in [0, 0.1) is 0 Å². The average Bonchev–Trinajstić information content (AvgIpc) is 2.83. The van der Waals surface area contributed by atoms with Crippen LogP contribution in [0.4, 0.5) is 0 Å². The topological polar surface area (TPSA) is 84.9 Å². The maximum atomic E-state index is 13.0. The molecule has 1 saturated heterocycles. The monoisotopic (exact) mass is 488 g/mol. The minimum absolute atomic E-state index is 0.00219. The molecule has 0 aliphatic carbocycles. The summed E-state index contributed by atoms with van der Waals surface area (Å²) >= 11 is 0. The second-order valence-corrected chi connectivity index (χ2v) is 11.4. The zero-order valence-electron chi connectivity index (χ0n) is 20.5. The van der Waals surface area contributed by atoms with E-state index < -0.39 is 10.0 Å². The van der Waals surface area contributed by atoms with Crippen molar-refractivity contribution >= 4 is 15.9 Å². The number of carbonyl (C=O) groups excluding carboxylic acids is 1. The first-order chi connectivity index (χ1) is 16.1. The van der Waals surface area contributed by atoms with E-state index >= 15 is 0 Å². The van der Waals surface area contributed by atoms with Gasteiger partial charge in [-0.05, 0) is 54.5 Å². The second-order valence-electron chi connectivity index (χ2n) is 9.41. The van der Waals surface area contributed by atoms with E-state index in [9.17, 15) is 13.2 Å². The molecule has 1 N–H and O–H groups in total. The highest BCUT2D eigenvalue weighted by Gasteiger charge is 2.27. The highest BCUT2D eigenvalue weighted by Crippen LogP contribution is 2.29. The Morgan fingerprint density at radius 1 is 1.15 bits per heavy atom. The van der Waals surface area contributed by atoms with Crippen LogP contribution in [0.3, 0.4) is 0 Å². The summed E-state index contributed by atoms with van der Waals surface area (Å²) in [6.45, 7) is 7.82. The normalized spacial score (nSPS) is 16.1. The van der Waals surface area contributed by atoms with Gasteiger partial charge in [0.2, 0.25) is 15.9 Å². The van der Waals surface area contributed by atoms with Crippen LogP contribution in [-0.2, 0) is 31.4 Å². The van der Waals surface area contributed by atoms with E-state index in [0.717, 1.165) is 6.42 Å². The fourth-order valence-electron chi connectivity index (χ4n) is 4.47. The molecule has 186 valence electrons. The van der Waals surface area contributed by atoms with Gasteiger partial charge in [-0.3, -0.25) is 4.79 Å². The van der Waals surface area contributed by atoms with Crippen molar-refractivity contribution in [1.29, 1.82) is 0 Å². The molecule has 1 amide bonds. The summed E-state index contributed by atoms with van der Waals surface area (Å²) in [7, 11) is -2.07. The van der Waals surface area contributed by atoms with Gasteiger partial charge < -0.3 is 14.8 Å². The number of hydrogen-bond donors (Lipinski definition) is 1. The minimum atomic E-state index is -3.62. The summed E-state index contributed by atoms with van der Waals surface area (Å²) in [5, 5.41) is 3.09. The molecule has 7 nitrogen and oxygen atoms in total. The molecular formula is C26H36N2O5S. The minimum Gasteiger partial charge on any atom is -0.496 e. The molecule has 0 bridgehead atoms. The van der Waals surface area contributed by atoms with E-state index in [1.165, 1.54) is 9.87 Å². The highest BCUT2D eigenvalue weighted by molar-refractivity contribution is 7.89. The van der Waals surface area contributed by atoms with Crippen LogP contribution in [0.2, 0.25) is 0 Å². The van der Waals surface area contributed by atoms with Gasteiger partial charge in [0.25, 0.3) is 0 Å². The summed E-state index contributed by atoms with van der Waals surface area (Å²) in [5.41, 5.74) is 1.86. The molecule has 1 atom stereocenters. The van der Waals surface area contributed by atoms with E-state index in [4.69, 9.17) is 9.47 Å². The van der Waals surface area contributed by atoms with Crippen LogP contribution in [0.15, 0.2) is 53.4 Å². The Balaban J connectivity index is 1.62. The van der Waals surface area contributed by atoms with Crippen molar-refractivity contribution in [2.24, 2.45) is 0 Å². The zero-order chi connectivity index (χ0) is 24.8. The number of nitrogens with one attached hydrogen (secondary N) is 1. The number of aryl methyl sites for hydroxylation is 1. The molecule has 0 aromatic heterocycles. The Kier molecular flexibility index (Phi) is 8.73. The van der Waals surface area contributed by atoms with E-state index in [2.05, 4.69) is 31.3 Å². The molecule has 8 heteroatoms. The third-order valence-corrected chi connectivity index (χ3v) is 8.15. The maximum absolute atomic E-state index is 13.0. The van der Waals surface area contributed by atoms with Crippen molar-refractivity contribution in [3.63, 3.8) is 0 Å². The number of methoxy groups -OCH3 is 1. The number of morpholine rings is 1. The van der Waals surface area contributed by atoms with Crippen LogP contribution < -0.4 is 10.1 Å². The molecule has 1 fully saturated rings. The van der Waals surface area contributed by atoms with E-state index in [0.29, 0.717) is 44.0 Å². The van der Waals surface area contributed by atoms with Crippen LogP contribution in [-0.4, -0.2) is 58.1 Å². The summed E-state index contributed by atoms with van der Waals surface area (Å²) in [5.74, 6) is 0.506. The van der Waals surface area contributed by atoms with Gasteiger partial charge in [0.1, 0.15) is 5.75 Å². The fraction of sp³-hybridized carbons (Fsp3) is 0.500. The van der Waals surface area contributed by atoms with Crippen molar-refractivity contribution in [1.82, 2.24) is 9.62 Å². The number of benzene rings is 2. The maximum Gasteiger partial charge on any atom is 0.243 e. The molecule has 2 aromatic carbocycles. The van der Waals surface area contributed by atoms with Gasteiger partial charge >= 0.3 is 0 Å². The standard InChI is InChI=1S/C26H36N2O5S/c1-20(19-26(2,3)22-8-6-5-7-9-22)27-25(29)13-10-21-18-23(11-12-24(21)32-4)34(30,31)28-14-16-33-17-15-28/h5-9,11-12,18,20H,10,13-17,19H2,1-4H3,(H,27,29)/t20-/m1/s1. The molecular weight excluding hydrogens is 452 g/mol. The van der Waals surface area contributed by atoms with E-state index in [-0.39, 0.29) is 28.7 Å². The van der Waals surface area contributed by atoms with Gasteiger partial charge in [0.05, 0.1) is 25.2 Å². The Bertz CT molecular complexity index is 1060. The molecule has 3 rings (SSSR count). The zero-order valence-corrected chi connectivity index (χ0v) is 21.4. The van der Waals surface area contributed by atoms with Gasteiger partial charge in [-0.1, -0.05) is 44.2 Å². The average molecular weight is 489 g/mol. The molecule has 0 saturated carbocycles. The summed E-state index contributed by atoms with van der Waals surface area (Å²) in [4.78, 5) is 12.9. The molecule has 1 aliphatic rings. The molecule has 34 heavy (non-hydrogen) atoms. The molecule has 1 heterocycles. The molecule has 1 aliphatic heterocycles. The largest absolute Gasteiger partial charge is 0.496 e. The van der Waals surface area contributed by atoms with Crippen molar-refractivity contribution < 1.29 is 22.7 Å². The first-order valence-corrected chi connectivity index (χ1v) is 13.2. The summed E-state index contributed by atoms with van der Waals surface area (Å²) in [6, 6.07) is 15.1. The van der Waals surface area contributed by atoms with Crippen LogP contribution in [0.5, 0.6) is 5.75 Å². The quantitative estimate of drug-likeness (QED) is 0.553. The Hall–Kier alpha value is -2.42. The lowest BCUT2D eigenvalue weighted by Crippen LogP contribution is -2.40. The Labute approximate surface area is 203 Å². The Morgan fingerprint density at radius 3 is 2.47 bits per heavy atom. The lowest BCUT2D eigenvalue weighted by atomic mass is 9.79. The number of rotatable bonds is 10. The number of hydrogen-bond acceptors (Lipinski definition) is 5. The first-order valence-electron chi connectivity index (χ1n) is 11.7. The fourth-order valence-corrected chi connectivity index (χ4v) is 5.92. The SMILES string of the molecule is COc1ccc(S(=O)(=O)N2CCOCC2)cc1CCC(=O)N[C@H](C)CC(C)(C)c1ccccc1.